The summed E-state index contributed by atoms with van der Waals surface area (Å²) in [6, 6.07) is 12.1. The summed E-state index contributed by atoms with van der Waals surface area (Å²) in [5.74, 6) is 0.827. The lowest BCUT2D eigenvalue weighted by molar-refractivity contribution is 0.627. The number of piperazine rings is 1. The van der Waals surface area contributed by atoms with E-state index in [1.165, 1.54) is 5.69 Å². The molecule has 1 fully saturated rings. The molecule has 0 atom stereocenters. The van der Waals surface area contributed by atoms with Crippen molar-refractivity contribution in [2.24, 2.45) is 7.05 Å². The summed E-state index contributed by atoms with van der Waals surface area (Å²) in [6.45, 7) is 3.53. The summed E-state index contributed by atoms with van der Waals surface area (Å²) in [5.41, 5.74) is 0.918. The molecule has 6 heteroatoms. The van der Waals surface area contributed by atoms with Gasteiger partial charge in [0.25, 0.3) is 0 Å². The molecule has 1 aromatic carbocycles. The van der Waals surface area contributed by atoms with Crippen LogP contribution in [0.25, 0.3) is 0 Å². The fourth-order valence-corrected chi connectivity index (χ4v) is 2.81. The van der Waals surface area contributed by atoms with Crippen LogP contribution in [-0.2, 0) is 7.05 Å². The Bertz CT molecular complexity index is 678. The van der Waals surface area contributed by atoms with Crippen molar-refractivity contribution in [3.05, 3.63) is 52.0 Å². The SMILES string of the molecule is Cn1c(N2CCN(c3ccccc3)CC2)cc(Cl)nc1=O. The van der Waals surface area contributed by atoms with E-state index in [1.54, 1.807) is 17.7 Å². The largest absolute Gasteiger partial charge is 0.368 e. The third kappa shape index (κ3) is 2.88. The van der Waals surface area contributed by atoms with Gasteiger partial charge in [-0.1, -0.05) is 29.8 Å². The van der Waals surface area contributed by atoms with Crippen LogP contribution in [0.1, 0.15) is 0 Å². The first-order valence-electron chi connectivity index (χ1n) is 6.93. The zero-order valence-corrected chi connectivity index (χ0v) is 12.6. The maximum atomic E-state index is 11.7. The van der Waals surface area contributed by atoms with E-state index in [0.29, 0.717) is 0 Å². The fraction of sp³-hybridized carbons (Fsp3) is 0.333. The predicted molar refractivity (Wildman–Crippen MR) is 85.4 cm³/mol. The van der Waals surface area contributed by atoms with Gasteiger partial charge in [-0.05, 0) is 12.1 Å². The minimum atomic E-state index is -0.317. The molecule has 21 heavy (non-hydrogen) atoms. The molecule has 2 aromatic rings. The quantitative estimate of drug-likeness (QED) is 0.793. The Kier molecular flexibility index (Phi) is 3.84. The van der Waals surface area contributed by atoms with E-state index >= 15 is 0 Å². The number of nitrogens with zero attached hydrogens (tertiary/aromatic N) is 4. The molecule has 110 valence electrons. The average molecular weight is 305 g/mol. The van der Waals surface area contributed by atoms with E-state index in [9.17, 15) is 4.79 Å². The number of aromatic nitrogens is 2. The lowest BCUT2D eigenvalue weighted by atomic mass is 10.2. The molecule has 0 bridgehead atoms. The minimum Gasteiger partial charge on any atom is -0.368 e. The highest BCUT2D eigenvalue weighted by Gasteiger charge is 2.19. The summed E-state index contributed by atoms with van der Waals surface area (Å²) in [4.78, 5) is 20.0. The first-order chi connectivity index (χ1) is 10.1. The Morgan fingerprint density at radius 2 is 1.67 bits per heavy atom. The third-order valence-electron chi connectivity index (χ3n) is 3.81. The number of halogens is 1. The number of anilines is 2. The zero-order chi connectivity index (χ0) is 14.8. The van der Waals surface area contributed by atoms with Crippen molar-refractivity contribution < 1.29 is 0 Å². The van der Waals surface area contributed by atoms with E-state index in [4.69, 9.17) is 11.6 Å². The highest BCUT2D eigenvalue weighted by atomic mass is 35.5. The normalized spacial score (nSPS) is 15.3. The monoisotopic (exact) mass is 304 g/mol. The van der Waals surface area contributed by atoms with Crippen LogP contribution in [-0.4, -0.2) is 35.7 Å². The Morgan fingerprint density at radius 3 is 2.33 bits per heavy atom. The summed E-state index contributed by atoms with van der Waals surface area (Å²) in [5, 5.41) is 0.249. The second-order valence-corrected chi connectivity index (χ2v) is 5.48. The maximum absolute atomic E-state index is 11.7. The Labute approximate surface area is 128 Å². The van der Waals surface area contributed by atoms with Crippen molar-refractivity contribution in [2.75, 3.05) is 36.0 Å². The van der Waals surface area contributed by atoms with Crippen LogP contribution in [0.3, 0.4) is 0 Å². The fourth-order valence-electron chi connectivity index (χ4n) is 2.64. The van der Waals surface area contributed by atoms with Crippen LogP contribution in [0.5, 0.6) is 0 Å². The second kappa shape index (κ2) is 5.77. The third-order valence-corrected chi connectivity index (χ3v) is 4.00. The Balaban J connectivity index is 1.76. The van der Waals surface area contributed by atoms with Gasteiger partial charge in [0.15, 0.2) is 0 Å². The van der Waals surface area contributed by atoms with Crippen molar-refractivity contribution >= 4 is 23.1 Å². The van der Waals surface area contributed by atoms with Gasteiger partial charge in [-0.2, -0.15) is 4.98 Å². The number of para-hydroxylation sites is 1. The van der Waals surface area contributed by atoms with Gasteiger partial charge in [0, 0.05) is 45.0 Å². The number of rotatable bonds is 2. The van der Waals surface area contributed by atoms with Crippen molar-refractivity contribution in [3.8, 4) is 0 Å². The van der Waals surface area contributed by atoms with Gasteiger partial charge in [-0.25, -0.2) is 4.79 Å². The molecule has 5 nitrogen and oxygen atoms in total. The number of hydrogen-bond acceptors (Lipinski definition) is 4. The molecule has 3 rings (SSSR count). The minimum absolute atomic E-state index is 0.249. The van der Waals surface area contributed by atoms with Gasteiger partial charge in [0.2, 0.25) is 0 Å². The van der Waals surface area contributed by atoms with Crippen LogP contribution in [0.4, 0.5) is 11.5 Å². The zero-order valence-electron chi connectivity index (χ0n) is 11.9. The summed E-state index contributed by atoms with van der Waals surface area (Å²) < 4.78 is 1.55. The molecule has 0 amide bonds. The van der Waals surface area contributed by atoms with E-state index in [2.05, 4.69) is 26.9 Å². The van der Waals surface area contributed by atoms with Gasteiger partial charge >= 0.3 is 5.69 Å². The second-order valence-electron chi connectivity index (χ2n) is 5.09. The molecule has 0 unspecified atom stereocenters. The van der Waals surface area contributed by atoms with Crippen molar-refractivity contribution in [1.82, 2.24) is 9.55 Å². The molecule has 1 aromatic heterocycles. The average Bonchev–Trinajstić information content (AvgIpc) is 2.52. The number of hydrogen-bond donors (Lipinski definition) is 0. The summed E-state index contributed by atoms with van der Waals surface area (Å²) in [7, 11) is 1.73. The van der Waals surface area contributed by atoms with Gasteiger partial charge in [-0.15, -0.1) is 0 Å². The molecule has 1 aliphatic heterocycles. The molecular formula is C15H17ClN4O. The van der Waals surface area contributed by atoms with Crippen LogP contribution >= 0.6 is 11.6 Å². The molecule has 0 N–H and O–H groups in total. The van der Waals surface area contributed by atoms with Crippen LogP contribution in [0.15, 0.2) is 41.2 Å². The molecule has 0 spiro atoms. The molecule has 0 radical (unpaired) electrons. The standard InChI is InChI=1S/C15H17ClN4O/c1-18-14(11-13(16)17-15(18)21)20-9-7-19(8-10-20)12-5-3-2-4-6-12/h2-6,11H,7-10H2,1H3. The van der Waals surface area contributed by atoms with Crippen molar-refractivity contribution in [1.29, 1.82) is 0 Å². The molecular weight excluding hydrogens is 288 g/mol. The molecule has 0 saturated carbocycles. The van der Waals surface area contributed by atoms with E-state index in [0.717, 1.165) is 32.0 Å². The Morgan fingerprint density at radius 1 is 1.05 bits per heavy atom. The van der Waals surface area contributed by atoms with Crippen LogP contribution in [0.2, 0.25) is 5.15 Å². The smallest absolute Gasteiger partial charge is 0.350 e. The van der Waals surface area contributed by atoms with Crippen LogP contribution in [0, 0.1) is 0 Å². The first kappa shape index (κ1) is 13.9. The van der Waals surface area contributed by atoms with Crippen LogP contribution < -0.4 is 15.5 Å². The van der Waals surface area contributed by atoms with Crippen molar-refractivity contribution in [2.45, 2.75) is 0 Å². The highest BCUT2D eigenvalue weighted by Crippen LogP contribution is 2.20. The van der Waals surface area contributed by atoms with E-state index < -0.39 is 0 Å². The maximum Gasteiger partial charge on any atom is 0.350 e. The van der Waals surface area contributed by atoms with Crippen molar-refractivity contribution in [3.63, 3.8) is 0 Å². The lowest BCUT2D eigenvalue weighted by Crippen LogP contribution is -2.48. The van der Waals surface area contributed by atoms with Gasteiger partial charge in [0.1, 0.15) is 11.0 Å². The van der Waals surface area contributed by atoms with E-state index in [1.807, 2.05) is 18.2 Å². The van der Waals surface area contributed by atoms with Gasteiger partial charge in [-0.3, -0.25) is 4.57 Å². The number of benzene rings is 1. The predicted octanol–water partition coefficient (Wildman–Crippen LogP) is 1.76. The van der Waals surface area contributed by atoms with Gasteiger partial charge in [0.05, 0.1) is 0 Å². The first-order valence-corrected chi connectivity index (χ1v) is 7.31. The summed E-state index contributed by atoms with van der Waals surface area (Å²) >= 11 is 5.90. The topological polar surface area (TPSA) is 41.4 Å². The molecule has 2 heterocycles. The lowest BCUT2D eigenvalue weighted by Gasteiger charge is -2.37. The van der Waals surface area contributed by atoms with Gasteiger partial charge < -0.3 is 9.80 Å². The molecule has 1 aliphatic rings. The van der Waals surface area contributed by atoms with E-state index in [-0.39, 0.29) is 10.8 Å². The molecule has 0 aliphatic carbocycles. The highest BCUT2D eigenvalue weighted by molar-refractivity contribution is 6.29. The Hall–Kier alpha value is -2.01. The molecule has 1 saturated heterocycles. The summed E-state index contributed by atoms with van der Waals surface area (Å²) in [6.07, 6.45) is 0.